The minimum Gasteiger partial charge on any atom is -0.396 e. The van der Waals surface area contributed by atoms with Gasteiger partial charge in [-0.1, -0.05) is 30.3 Å². The number of aliphatic hydroxyl groups excluding tert-OH is 1. The summed E-state index contributed by atoms with van der Waals surface area (Å²) >= 11 is 0. The third-order valence-corrected chi connectivity index (χ3v) is 8.81. The van der Waals surface area contributed by atoms with Crippen LogP contribution in [0.3, 0.4) is 0 Å². The van der Waals surface area contributed by atoms with Crippen molar-refractivity contribution in [1.82, 2.24) is 5.32 Å². The number of aliphatic hydroxyl groups is 1. The number of sulfone groups is 1. The number of nitrogens with two attached hydrogens (primary N) is 1. The van der Waals surface area contributed by atoms with E-state index in [0.29, 0.717) is 5.56 Å². The number of hydrogen-bond donors (Lipinski definition) is 3. The maximum absolute atomic E-state index is 14.9. The van der Waals surface area contributed by atoms with E-state index < -0.39 is 56.4 Å². The Morgan fingerprint density at radius 2 is 1.91 bits per heavy atom. The molecule has 2 unspecified atom stereocenters. The Morgan fingerprint density at radius 3 is 2.53 bits per heavy atom. The van der Waals surface area contributed by atoms with Crippen LogP contribution in [0.2, 0.25) is 0 Å². The van der Waals surface area contributed by atoms with Crippen LogP contribution in [-0.2, 0) is 21.1 Å². The SMILES string of the molecule is C[C@@H]1NC[C@@H](c2ccccc2)S(=O)(=O)C1Cc1cc(F)c(C(CO)CCC(N)=O)cc1F. The van der Waals surface area contributed by atoms with Gasteiger partial charge in [0.2, 0.25) is 5.91 Å². The van der Waals surface area contributed by atoms with Crippen molar-refractivity contribution in [3.05, 3.63) is 70.8 Å². The maximum Gasteiger partial charge on any atom is 0.217 e. The second-order valence-electron chi connectivity index (χ2n) is 8.28. The summed E-state index contributed by atoms with van der Waals surface area (Å²) in [7, 11) is -3.69. The highest BCUT2D eigenvalue weighted by Crippen LogP contribution is 2.34. The smallest absolute Gasteiger partial charge is 0.217 e. The molecule has 0 spiro atoms. The third kappa shape index (κ3) is 5.16. The Labute approximate surface area is 186 Å². The fourth-order valence-corrected chi connectivity index (χ4v) is 6.62. The van der Waals surface area contributed by atoms with Crippen LogP contribution in [-0.4, -0.2) is 43.9 Å². The molecule has 0 radical (unpaired) electrons. The summed E-state index contributed by atoms with van der Waals surface area (Å²) in [4.78, 5) is 11.0. The molecule has 1 heterocycles. The van der Waals surface area contributed by atoms with E-state index in [1.54, 1.807) is 37.3 Å². The van der Waals surface area contributed by atoms with Gasteiger partial charge in [-0.25, -0.2) is 17.2 Å². The molecule has 1 aliphatic heterocycles. The molecule has 174 valence electrons. The summed E-state index contributed by atoms with van der Waals surface area (Å²) in [5.41, 5.74) is 5.65. The first-order valence-electron chi connectivity index (χ1n) is 10.5. The molecule has 3 rings (SSSR count). The molecule has 2 aromatic carbocycles. The second kappa shape index (κ2) is 10.1. The Bertz CT molecular complexity index is 1060. The molecule has 1 fully saturated rings. The van der Waals surface area contributed by atoms with Crippen LogP contribution in [0.1, 0.15) is 47.6 Å². The second-order valence-corrected chi connectivity index (χ2v) is 10.6. The van der Waals surface area contributed by atoms with Crippen molar-refractivity contribution in [3.8, 4) is 0 Å². The van der Waals surface area contributed by atoms with Crippen LogP contribution in [0.15, 0.2) is 42.5 Å². The average Bonchev–Trinajstić information content (AvgIpc) is 2.74. The van der Waals surface area contributed by atoms with Gasteiger partial charge in [-0.3, -0.25) is 4.79 Å². The van der Waals surface area contributed by atoms with Crippen LogP contribution in [0.25, 0.3) is 0 Å². The van der Waals surface area contributed by atoms with Gasteiger partial charge in [0.05, 0.1) is 17.1 Å². The Balaban J connectivity index is 1.88. The van der Waals surface area contributed by atoms with Gasteiger partial charge in [0.25, 0.3) is 0 Å². The third-order valence-electron chi connectivity index (χ3n) is 6.16. The van der Waals surface area contributed by atoms with Crippen molar-refractivity contribution in [2.75, 3.05) is 13.2 Å². The molecule has 1 amide bonds. The molecular formula is C23H28F2N2O4S. The predicted octanol–water partition coefficient (Wildman–Crippen LogP) is 2.37. The summed E-state index contributed by atoms with van der Waals surface area (Å²) < 4.78 is 56.5. The lowest BCUT2D eigenvalue weighted by Crippen LogP contribution is -2.53. The Morgan fingerprint density at radius 1 is 1.22 bits per heavy atom. The van der Waals surface area contributed by atoms with Crippen LogP contribution in [0.5, 0.6) is 0 Å². The summed E-state index contributed by atoms with van der Waals surface area (Å²) in [6, 6.07) is 10.3. The fraction of sp³-hybridized carbons (Fsp3) is 0.435. The van der Waals surface area contributed by atoms with Gasteiger partial charge in [-0.05, 0) is 48.6 Å². The van der Waals surface area contributed by atoms with Gasteiger partial charge in [0.15, 0.2) is 9.84 Å². The summed E-state index contributed by atoms with van der Waals surface area (Å²) in [5, 5.41) is 11.0. The normalized spacial score (nSPS) is 23.6. The number of rotatable bonds is 8. The average molecular weight is 467 g/mol. The number of halogens is 2. The van der Waals surface area contributed by atoms with Crippen molar-refractivity contribution < 1.29 is 27.1 Å². The molecule has 0 aliphatic carbocycles. The van der Waals surface area contributed by atoms with Crippen LogP contribution >= 0.6 is 0 Å². The van der Waals surface area contributed by atoms with E-state index in [2.05, 4.69) is 5.32 Å². The summed E-state index contributed by atoms with van der Waals surface area (Å²) in [6.45, 7) is 1.50. The van der Waals surface area contributed by atoms with Crippen molar-refractivity contribution in [3.63, 3.8) is 0 Å². The number of amides is 1. The zero-order chi connectivity index (χ0) is 23.5. The minimum atomic E-state index is -3.69. The van der Waals surface area contributed by atoms with Crippen molar-refractivity contribution in [2.24, 2.45) is 5.73 Å². The van der Waals surface area contributed by atoms with Gasteiger partial charge >= 0.3 is 0 Å². The van der Waals surface area contributed by atoms with E-state index in [4.69, 9.17) is 5.73 Å². The topological polar surface area (TPSA) is 109 Å². The molecule has 0 aromatic heterocycles. The molecular weight excluding hydrogens is 438 g/mol. The number of primary amides is 1. The van der Waals surface area contributed by atoms with Gasteiger partial charge in [-0.15, -0.1) is 0 Å². The summed E-state index contributed by atoms with van der Waals surface area (Å²) in [6.07, 6.45) is -0.176. The molecule has 0 bridgehead atoms. The molecule has 4 atom stereocenters. The highest BCUT2D eigenvalue weighted by atomic mass is 32.2. The van der Waals surface area contributed by atoms with Gasteiger partial charge < -0.3 is 16.2 Å². The number of benzene rings is 2. The zero-order valence-electron chi connectivity index (χ0n) is 17.8. The van der Waals surface area contributed by atoms with Crippen LogP contribution in [0, 0.1) is 11.6 Å². The van der Waals surface area contributed by atoms with Crippen molar-refractivity contribution in [1.29, 1.82) is 0 Å². The first kappa shape index (κ1) is 24.3. The predicted molar refractivity (Wildman–Crippen MR) is 118 cm³/mol. The lowest BCUT2D eigenvalue weighted by molar-refractivity contribution is -0.118. The number of carbonyl (C=O) groups excluding carboxylic acids is 1. The van der Waals surface area contributed by atoms with Gasteiger partial charge in [0, 0.05) is 24.9 Å². The largest absolute Gasteiger partial charge is 0.396 e. The van der Waals surface area contributed by atoms with E-state index in [1.165, 1.54) is 0 Å². The van der Waals surface area contributed by atoms with Crippen LogP contribution < -0.4 is 11.1 Å². The molecule has 6 nitrogen and oxygen atoms in total. The molecule has 0 saturated carbocycles. The Kier molecular flexibility index (Phi) is 7.63. The zero-order valence-corrected chi connectivity index (χ0v) is 18.6. The minimum absolute atomic E-state index is 0.0474. The monoisotopic (exact) mass is 466 g/mol. The molecule has 1 saturated heterocycles. The number of nitrogens with one attached hydrogen (secondary N) is 1. The lowest BCUT2D eigenvalue weighted by atomic mass is 9.92. The van der Waals surface area contributed by atoms with Crippen molar-refractivity contribution in [2.45, 2.75) is 48.6 Å². The van der Waals surface area contributed by atoms with E-state index in [9.17, 15) is 27.1 Å². The van der Waals surface area contributed by atoms with E-state index >= 15 is 0 Å². The highest BCUT2D eigenvalue weighted by Gasteiger charge is 2.42. The van der Waals surface area contributed by atoms with Crippen LogP contribution in [0.4, 0.5) is 8.78 Å². The standard InChI is InChI=1S/C23H28F2N2O4S/c1-14-21(32(30,31)22(12-27-14)15-5-3-2-4-6-15)10-17-9-20(25)18(11-19(17)24)16(13-28)7-8-23(26)29/h2-6,9,11,14,16,21-22,27-28H,7-8,10,12-13H2,1H3,(H2,26,29)/t14-,16?,21?,22-/m0/s1. The van der Waals surface area contributed by atoms with Crippen molar-refractivity contribution >= 4 is 15.7 Å². The molecule has 32 heavy (non-hydrogen) atoms. The summed E-state index contributed by atoms with van der Waals surface area (Å²) in [5.74, 6) is -2.88. The molecule has 2 aromatic rings. The molecule has 9 heteroatoms. The number of carbonyl (C=O) groups is 1. The number of hydrogen-bond acceptors (Lipinski definition) is 5. The fourth-order valence-electron chi connectivity index (χ4n) is 4.26. The van der Waals surface area contributed by atoms with E-state index in [-0.39, 0.29) is 36.9 Å². The maximum atomic E-state index is 14.9. The van der Waals surface area contributed by atoms with E-state index in [1.807, 2.05) is 0 Å². The van der Waals surface area contributed by atoms with Gasteiger partial charge in [-0.2, -0.15) is 0 Å². The molecule has 4 N–H and O–H groups in total. The first-order chi connectivity index (χ1) is 15.1. The highest BCUT2D eigenvalue weighted by molar-refractivity contribution is 7.92. The first-order valence-corrected chi connectivity index (χ1v) is 12.1. The van der Waals surface area contributed by atoms with E-state index in [0.717, 1.165) is 12.1 Å². The van der Waals surface area contributed by atoms with Gasteiger partial charge in [0.1, 0.15) is 11.6 Å². The quantitative estimate of drug-likeness (QED) is 0.553. The molecule has 1 aliphatic rings. The Hall–Kier alpha value is -2.36. The lowest BCUT2D eigenvalue weighted by Gasteiger charge is -2.35.